The minimum atomic E-state index is -0.110. The van der Waals surface area contributed by atoms with E-state index in [4.69, 9.17) is 5.21 Å². The van der Waals surface area contributed by atoms with Crippen molar-refractivity contribution in [3.63, 3.8) is 0 Å². The summed E-state index contributed by atoms with van der Waals surface area (Å²) in [5, 5.41) is 13.9. The zero-order valence-corrected chi connectivity index (χ0v) is 7.18. The van der Waals surface area contributed by atoms with Gasteiger partial charge in [0.1, 0.15) is 0 Å². The lowest BCUT2D eigenvalue weighted by molar-refractivity contribution is -0.119. The van der Waals surface area contributed by atoms with E-state index in [9.17, 15) is 4.79 Å². The molecule has 1 aliphatic rings. The first-order valence-electron chi connectivity index (χ1n) is 3.34. The van der Waals surface area contributed by atoms with Crippen LogP contribution in [0.1, 0.15) is 13.8 Å². The lowest BCUT2D eigenvalue weighted by Crippen LogP contribution is -2.27. The summed E-state index contributed by atoms with van der Waals surface area (Å²) in [6.07, 6.45) is 0. The van der Waals surface area contributed by atoms with Crippen LogP contribution >= 0.6 is 11.8 Å². The fraction of sp³-hybridized carbons (Fsp3) is 0.667. The van der Waals surface area contributed by atoms with E-state index in [0.29, 0.717) is 5.17 Å². The number of amidine groups is 1. The molecule has 5 heteroatoms. The highest BCUT2D eigenvalue weighted by atomic mass is 32.2. The Morgan fingerprint density at radius 3 is 2.64 bits per heavy atom. The summed E-state index contributed by atoms with van der Waals surface area (Å²) in [4.78, 5) is 11.1. The number of carbonyl (C=O) groups is 1. The van der Waals surface area contributed by atoms with Gasteiger partial charge in [0.2, 0.25) is 11.1 Å². The molecule has 2 N–H and O–H groups in total. The van der Waals surface area contributed by atoms with Crippen molar-refractivity contribution < 1.29 is 10.0 Å². The normalized spacial score (nSPS) is 28.1. The summed E-state index contributed by atoms with van der Waals surface area (Å²) in [5.74, 6) is 0.192. The Hall–Kier alpha value is -0.710. The minimum Gasteiger partial charge on any atom is -0.409 e. The number of thioether (sulfide) groups is 1. The average Bonchev–Trinajstić information content (AvgIpc) is 2.30. The van der Waals surface area contributed by atoms with Gasteiger partial charge in [0.25, 0.3) is 0 Å². The van der Waals surface area contributed by atoms with Gasteiger partial charge in [-0.3, -0.25) is 4.79 Å². The first-order valence-corrected chi connectivity index (χ1v) is 4.22. The molecule has 11 heavy (non-hydrogen) atoms. The number of carbonyl (C=O) groups excluding carboxylic acids is 1. The molecular formula is C6H10N2O2S. The fourth-order valence-corrected chi connectivity index (χ4v) is 1.75. The summed E-state index contributed by atoms with van der Waals surface area (Å²) in [6, 6.07) is 0. The number of nitrogens with one attached hydrogen (secondary N) is 1. The van der Waals surface area contributed by atoms with Crippen LogP contribution in [0.25, 0.3) is 0 Å². The third-order valence-corrected chi connectivity index (χ3v) is 2.84. The lowest BCUT2D eigenvalue weighted by Gasteiger charge is -2.07. The minimum absolute atomic E-state index is 0.0715. The number of amides is 1. The summed E-state index contributed by atoms with van der Waals surface area (Å²) >= 11 is 1.27. The Balaban J connectivity index is 2.66. The predicted molar refractivity (Wildman–Crippen MR) is 43.6 cm³/mol. The molecule has 0 aromatic carbocycles. The fourth-order valence-electron chi connectivity index (χ4n) is 0.867. The third-order valence-electron chi connectivity index (χ3n) is 1.42. The molecule has 0 bridgehead atoms. The van der Waals surface area contributed by atoms with E-state index >= 15 is 0 Å². The average molecular weight is 174 g/mol. The molecule has 1 fully saturated rings. The van der Waals surface area contributed by atoms with Crippen molar-refractivity contribution >= 4 is 22.8 Å². The molecule has 0 saturated carbocycles. The Bertz CT molecular complexity index is 203. The zero-order valence-electron chi connectivity index (χ0n) is 6.37. The Kier molecular flexibility index (Phi) is 2.38. The molecule has 0 spiro atoms. The molecule has 1 rings (SSSR count). The Morgan fingerprint density at radius 1 is 1.73 bits per heavy atom. The van der Waals surface area contributed by atoms with Gasteiger partial charge in [0.05, 0.1) is 5.25 Å². The Morgan fingerprint density at radius 2 is 2.36 bits per heavy atom. The van der Waals surface area contributed by atoms with Crippen molar-refractivity contribution in [1.82, 2.24) is 5.32 Å². The topological polar surface area (TPSA) is 61.7 Å². The van der Waals surface area contributed by atoms with Crippen molar-refractivity contribution in [3.05, 3.63) is 0 Å². The molecule has 62 valence electrons. The molecule has 0 aliphatic carbocycles. The maximum absolute atomic E-state index is 11.1. The van der Waals surface area contributed by atoms with Crippen LogP contribution in [0.2, 0.25) is 0 Å². The molecule has 1 unspecified atom stereocenters. The highest BCUT2D eigenvalue weighted by Crippen LogP contribution is 2.25. The highest BCUT2D eigenvalue weighted by Gasteiger charge is 2.32. The second-order valence-corrected chi connectivity index (χ2v) is 3.81. The SMILES string of the molecule is CC(C)C1S/C(=N\O)NC1=O. The molecule has 4 nitrogen and oxygen atoms in total. The number of nitrogens with zero attached hydrogens (tertiary/aromatic N) is 1. The number of rotatable bonds is 1. The van der Waals surface area contributed by atoms with Crippen LogP contribution < -0.4 is 5.32 Å². The van der Waals surface area contributed by atoms with E-state index in [1.165, 1.54) is 11.8 Å². The van der Waals surface area contributed by atoms with Crippen LogP contribution in [0.3, 0.4) is 0 Å². The van der Waals surface area contributed by atoms with Gasteiger partial charge < -0.3 is 10.5 Å². The second-order valence-electron chi connectivity index (χ2n) is 2.68. The quantitative estimate of drug-likeness (QED) is 0.452. The van der Waals surface area contributed by atoms with Gasteiger partial charge in [-0.2, -0.15) is 0 Å². The molecule has 1 heterocycles. The van der Waals surface area contributed by atoms with Crippen molar-refractivity contribution in [2.45, 2.75) is 19.1 Å². The lowest BCUT2D eigenvalue weighted by atomic mass is 10.1. The second kappa shape index (κ2) is 3.13. The maximum Gasteiger partial charge on any atom is 0.239 e. The summed E-state index contributed by atoms with van der Waals surface area (Å²) in [6.45, 7) is 3.91. The smallest absolute Gasteiger partial charge is 0.239 e. The molecule has 0 aromatic heterocycles. The van der Waals surface area contributed by atoms with Crippen LogP contribution in [-0.4, -0.2) is 21.5 Å². The number of oxime groups is 1. The van der Waals surface area contributed by atoms with Crippen LogP contribution in [-0.2, 0) is 4.79 Å². The van der Waals surface area contributed by atoms with Crippen molar-refractivity contribution in [2.75, 3.05) is 0 Å². The van der Waals surface area contributed by atoms with Gasteiger partial charge in [-0.25, -0.2) is 0 Å². The molecular weight excluding hydrogens is 164 g/mol. The van der Waals surface area contributed by atoms with Gasteiger partial charge in [-0.15, -0.1) is 0 Å². The monoisotopic (exact) mass is 174 g/mol. The molecule has 1 aliphatic heterocycles. The zero-order chi connectivity index (χ0) is 8.43. The van der Waals surface area contributed by atoms with Gasteiger partial charge in [-0.1, -0.05) is 30.8 Å². The molecule has 0 aromatic rings. The van der Waals surface area contributed by atoms with E-state index in [-0.39, 0.29) is 17.1 Å². The summed E-state index contributed by atoms with van der Waals surface area (Å²) in [5.41, 5.74) is 0. The van der Waals surface area contributed by atoms with E-state index in [1.807, 2.05) is 13.8 Å². The van der Waals surface area contributed by atoms with Gasteiger partial charge in [0, 0.05) is 0 Å². The molecule has 1 atom stereocenters. The molecule has 1 saturated heterocycles. The standard InChI is InChI=1S/C6H10N2O2S/c1-3(2)4-5(9)7-6(8-10)11-4/h3-4,10H,1-2H3,(H,7,8,9). The summed E-state index contributed by atoms with van der Waals surface area (Å²) in [7, 11) is 0. The predicted octanol–water partition coefficient (Wildman–Crippen LogP) is 0.619. The van der Waals surface area contributed by atoms with E-state index in [2.05, 4.69) is 10.5 Å². The van der Waals surface area contributed by atoms with Crippen LogP contribution in [0, 0.1) is 5.92 Å². The van der Waals surface area contributed by atoms with Crippen LogP contribution in [0.4, 0.5) is 0 Å². The van der Waals surface area contributed by atoms with Crippen molar-refractivity contribution in [1.29, 1.82) is 0 Å². The van der Waals surface area contributed by atoms with Crippen LogP contribution in [0.5, 0.6) is 0 Å². The first-order chi connectivity index (χ1) is 5.15. The Labute approximate surface area is 69.0 Å². The van der Waals surface area contributed by atoms with Gasteiger partial charge in [-0.05, 0) is 5.92 Å². The van der Waals surface area contributed by atoms with E-state index in [0.717, 1.165) is 0 Å². The van der Waals surface area contributed by atoms with Crippen LogP contribution in [0.15, 0.2) is 5.16 Å². The molecule has 0 radical (unpaired) electrons. The van der Waals surface area contributed by atoms with Crippen molar-refractivity contribution in [3.8, 4) is 0 Å². The van der Waals surface area contributed by atoms with Gasteiger partial charge in [0.15, 0.2) is 0 Å². The summed E-state index contributed by atoms with van der Waals surface area (Å²) < 4.78 is 0. The molecule has 1 amide bonds. The van der Waals surface area contributed by atoms with E-state index < -0.39 is 0 Å². The van der Waals surface area contributed by atoms with Gasteiger partial charge >= 0.3 is 0 Å². The van der Waals surface area contributed by atoms with E-state index in [1.54, 1.807) is 0 Å². The third kappa shape index (κ3) is 1.65. The first kappa shape index (κ1) is 8.39. The van der Waals surface area contributed by atoms with Crippen molar-refractivity contribution in [2.24, 2.45) is 11.1 Å². The largest absolute Gasteiger partial charge is 0.409 e. The number of hydrogen-bond acceptors (Lipinski definition) is 4. The number of hydrogen-bond donors (Lipinski definition) is 2. The maximum atomic E-state index is 11.1. The highest BCUT2D eigenvalue weighted by molar-refractivity contribution is 8.15.